The standard InChI is InChI=1S/C10H18N2O/c1-10(3-4-10)12-9(13)6-8-2-5-11-7-8/h8,11H,2-7H2,1H3,(H,12,13). The fourth-order valence-electron chi connectivity index (χ4n) is 1.85. The fourth-order valence-corrected chi connectivity index (χ4v) is 1.85. The minimum absolute atomic E-state index is 0.156. The molecule has 2 fully saturated rings. The molecule has 0 aromatic rings. The summed E-state index contributed by atoms with van der Waals surface area (Å²) in [5.74, 6) is 0.816. The van der Waals surface area contributed by atoms with Crippen LogP contribution in [0.4, 0.5) is 0 Å². The van der Waals surface area contributed by atoms with Gasteiger partial charge in [0.1, 0.15) is 0 Å². The van der Waals surface area contributed by atoms with E-state index in [1.54, 1.807) is 0 Å². The molecule has 0 bridgehead atoms. The minimum atomic E-state index is 0.156. The average Bonchev–Trinajstić information content (AvgIpc) is 2.61. The Balaban J connectivity index is 1.71. The SMILES string of the molecule is CC1(NC(=O)CC2CCNC2)CC1. The Hall–Kier alpha value is -0.570. The lowest BCUT2D eigenvalue weighted by molar-refractivity contribution is -0.122. The van der Waals surface area contributed by atoms with Gasteiger partial charge in [-0.05, 0) is 45.2 Å². The second-order valence-corrected chi connectivity index (χ2v) is 4.67. The van der Waals surface area contributed by atoms with Crippen molar-refractivity contribution in [2.24, 2.45) is 5.92 Å². The van der Waals surface area contributed by atoms with Crippen molar-refractivity contribution in [1.29, 1.82) is 0 Å². The predicted molar refractivity (Wildman–Crippen MR) is 51.4 cm³/mol. The zero-order valence-electron chi connectivity index (χ0n) is 8.23. The maximum Gasteiger partial charge on any atom is 0.220 e. The van der Waals surface area contributed by atoms with E-state index in [1.807, 2.05) is 0 Å². The van der Waals surface area contributed by atoms with Gasteiger partial charge in [0.25, 0.3) is 0 Å². The monoisotopic (exact) mass is 182 g/mol. The van der Waals surface area contributed by atoms with Crippen LogP contribution < -0.4 is 10.6 Å². The Bertz CT molecular complexity index is 205. The largest absolute Gasteiger partial charge is 0.351 e. The van der Waals surface area contributed by atoms with Crippen LogP contribution in [0.5, 0.6) is 0 Å². The molecule has 1 amide bonds. The molecule has 1 unspecified atom stereocenters. The Kier molecular flexibility index (Phi) is 2.28. The number of hydrogen-bond acceptors (Lipinski definition) is 2. The molecule has 2 N–H and O–H groups in total. The van der Waals surface area contributed by atoms with Crippen LogP contribution in [-0.4, -0.2) is 24.5 Å². The minimum Gasteiger partial charge on any atom is -0.351 e. The highest BCUT2D eigenvalue weighted by molar-refractivity contribution is 5.77. The van der Waals surface area contributed by atoms with Crippen molar-refractivity contribution in [2.45, 2.75) is 38.1 Å². The van der Waals surface area contributed by atoms with Crippen LogP contribution in [0, 0.1) is 5.92 Å². The molecule has 1 saturated heterocycles. The highest BCUT2D eigenvalue weighted by Gasteiger charge is 2.38. The van der Waals surface area contributed by atoms with E-state index in [-0.39, 0.29) is 11.4 Å². The second-order valence-electron chi connectivity index (χ2n) is 4.67. The number of hydrogen-bond donors (Lipinski definition) is 2. The van der Waals surface area contributed by atoms with E-state index in [1.165, 1.54) is 0 Å². The summed E-state index contributed by atoms with van der Waals surface area (Å²) < 4.78 is 0. The van der Waals surface area contributed by atoms with Crippen molar-refractivity contribution < 1.29 is 4.79 Å². The molecule has 2 aliphatic rings. The van der Waals surface area contributed by atoms with Gasteiger partial charge in [0, 0.05) is 12.0 Å². The third-order valence-corrected chi connectivity index (χ3v) is 3.08. The molecule has 1 atom stereocenters. The van der Waals surface area contributed by atoms with Crippen LogP contribution in [-0.2, 0) is 4.79 Å². The molecule has 0 aromatic heterocycles. The molecule has 1 aliphatic heterocycles. The summed E-state index contributed by atoms with van der Waals surface area (Å²) in [6, 6.07) is 0. The molecule has 0 aromatic carbocycles. The molecular weight excluding hydrogens is 164 g/mol. The van der Waals surface area contributed by atoms with E-state index in [4.69, 9.17) is 0 Å². The van der Waals surface area contributed by atoms with Crippen LogP contribution in [0.15, 0.2) is 0 Å². The Morgan fingerprint density at radius 3 is 2.92 bits per heavy atom. The molecule has 1 heterocycles. The van der Waals surface area contributed by atoms with Crippen LogP contribution in [0.1, 0.15) is 32.6 Å². The highest BCUT2D eigenvalue weighted by atomic mass is 16.1. The fraction of sp³-hybridized carbons (Fsp3) is 0.900. The maximum absolute atomic E-state index is 11.5. The Morgan fingerprint density at radius 2 is 2.38 bits per heavy atom. The molecular formula is C10H18N2O. The number of carbonyl (C=O) groups excluding carboxylic acids is 1. The van der Waals surface area contributed by atoms with E-state index >= 15 is 0 Å². The van der Waals surface area contributed by atoms with Gasteiger partial charge in [-0.1, -0.05) is 0 Å². The molecule has 1 aliphatic carbocycles. The summed E-state index contributed by atoms with van der Waals surface area (Å²) in [6.45, 7) is 4.22. The Labute approximate surface area is 79.3 Å². The van der Waals surface area contributed by atoms with Crippen LogP contribution in [0.2, 0.25) is 0 Å². The van der Waals surface area contributed by atoms with Crippen molar-refractivity contribution in [3.05, 3.63) is 0 Å². The topological polar surface area (TPSA) is 41.1 Å². The molecule has 0 radical (unpaired) electrons. The van der Waals surface area contributed by atoms with Crippen LogP contribution in [0.3, 0.4) is 0 Å². The van der Waals surface area contributed by atoms with E-state index < -0.39 is 0 Å². The van der Waals surface area contributed by atoms with Gasteiger partial charge in [-0.3, -0.25) is 4.79 Å². The summed E-state index contributed by atoms with van der Waals surface area (Å²) in [6.07, 6.45) is 4.18. The first-order valence-electron chi connectivity index (χ1n) is 5.20. The first-order chi connectivity index (χ1) is 6.18. The summed E-state index contributed by atoms with van der Waals surface area (Å²) in [4.78, 5) is 11.5. The summed E-state index contributed by atoms with van der Waals surface area (Å²) in [5.41, 5.74) is 0.156. The van der Waals surface area contributed by atoms with Gasteiger partial charge in [-0.15, -0.1) is 0 Å². The number of amides is 1. The van der Waals surface area contributed by atoms with Crippen molar-refractivity contribution in [3.63, 3.8) is 0 Å². The van der Waals surface area contributed by atoms with Crippen molar-refractivity contribution >= 4 is 5.91 Å². The van der Waals surface area contributed by atoms with Gasteiger partial charge in [0.2, 0.25) is 5.91 Å². The normalized spacial score (nSPS) is 30.1. The predicted octanol–water partition coefficient (Wildman–Crippen LogP) is 0.655. The molecule has 0 spiro atoms. The highest BCUT2D eigenvalue weighted by Crippen LogP contribution is 2.34. The molecule has 2 rings (SSSR count). The van der Waals surface area contributed by atoms with Crippen molar-refractivity contribution in [3.8, 4) is 0 Å². The quantitative estimate of drug-likeness (QED) is 0.673. The summed E-state index contributed by atoms with van der Waals surface area (Å²) in [7, 11) is 0. The second kappa shape index (κ2) is 3.29. The molecule has 3 nitrogen and oxygen atoms in total. The van der Waals surface area contributed by atoms with Gasteiger partial charge in [-0.2, -0.15) is 0 Å². The van der Waals surface area contributed by atoms with E-state index in [0.717, 1.165) is 32.4 Å². The number of rotatable bonds is 3. The van der Waals surface area contributed by atoms with Gasteiger partial charge < -0.3 is 10.6 Å². The lowest BCUT2D eigenvalue weighted by atomic mass is 10.0. The van der Waals surface area contributed by atoms with E-state index in [9.17, 15) is 4.79 Å². The lowest BCUT2D eigenvalue weighted by Gasteiger charge is -2.13. The van der Waals surface area contributed by atoms with Crippen molar-refractivity contribution in [1.82, 2.24) is 10.6 Å². The third kappa shape index (κ3) is 2.44. The molecule has 74 valence electrons. The zero-order valence-corrected chi connectivity index (χ0v) is 8.23. The van der Waals surface area contributed by atoms with E-state index in [2.05, 4.69) is 17.6 Å². The van der Waals surface area contributed by atoms with Gasteiger partial charge in [0.05, 0.1) is 0 Å². The van der Waals surface area contributed by atoms with Gasteiger partial charge in [-0.25, -0.2) is 0 Å². The molecule has 3 heteroatoms. The number of carbonyl (C=O) groups is 1. The summed E-state index contributed by atoms with van der Waals surface area (Å²) >= 11 is 0. The number of nitrogens with one attached hydrogen (secondary N) is 2. The first kappa shape index (κ1) is 9.00. The van der Waals surface area contributed by atoms with E-state index in [0.29, 0.717) is 12.3 Å². The van der Waals surface area contributed by atoms with Crippen LogP contribution >= 0.6 is 0 Å². The lowest BCUT2D eigenvalue weighted by Crippen LogP contribution is -2.35. The summed E-state index contributed by atoms with van der Waals surface area (Å²) in [5, 5.41) is 6.37. The molecule has 1 saturated carbocycles. The average molecular weight is 182 g/mol. The van der Waals surface area contributed by atoms with Gasteiger partial charge >= 0.3 is 0 Å². The molecule has 13 heavy (non-hydrogen) atoms. The maximum atomic E-state index is 11.5. The van der Waals surface area contributed by atoms with Gasteiger partial charge in [0.15, 0.2) is 0 Å². The third-order valence-electron chi connectivity index (χ3n) is 3.08. The smallest absolute Gasteiger partial charge is 0.220 e. The zero-order chi connectivity index (χ0) is 9.31. The van der Waals surface area contributed by atoms with Crippen molar-refractivity contribution in [2.75, 3.05) is 13.1 Å². The van der Waals surface area contributed by atoms with Crippen LogP contribution in [0.25, 0.3) is 0 Å². The Morgan fingerprint density at radius 1 is 1.62 bits per heavy atom. The first-order valence-corrected chi connectivity index (χ1v) is 5.20.